The molecule has 3 aromatic carbocycles. The van der Waals surface area contributed by atoms with E-state index in [0.29, 0.717) is 12.0 Å². The van der Waals surface area contributed by atoms with Crippen LogP contribution in [0.1, 0.15) is 29.2 Å². The predicted molar refractivity (Wildman–Crippen MR) is 134 cm³/mol. The molecule has 7 rings (SSSR count). The molecule has 2 nitrogen and oxygen atoms in total. The van der Waals surface area contributed by atoms with Crippen LogP contribution in [0.4, 0.5) is 11.4 Å². The summed E-state index contributed by atoms with van der Waals surface area (Å²) in [5, 5.41) is 1.34. The number of nitrogens with zero attached hydrogens (tertiary/aromatic N) is 2. The van der Waals surface area contributed by atoms with Gasteiger partial charge in [-0.1, -0.05) is 78.9 Å². The lowest BCUT2D eigenvalue weighted by Crippen LogP contribution is -2.28. The van der Waals surface area contributed by atoms with Crippen LogP contribution in [0.5, 0.6) is 0 Å². The molecule has 1 aliphatic heterocycles. The Hall–Kier alpha value is -3.78. The van der Waals surface area contributed by atoms with Crippen LogP contribution in [-0.2, 0) is 6.42 Å². The summed E-state index contributed by atoms with van der Waals surface area (Å²) in [6, 6.07) is 27.1. The predicted octanol–water partition coefficient (Wildman–Crippen LogP) is 7.32. The van der Waals surface area contributed by atoms with Crippen molar-refractivity contribution in [2.75, 3.05) is 4.90 Å². The van der Waals surface area contributed by atoms with E-state index in [0.717, 1.165) is 12.8 Å². The van der Waals surface area contributed by atoms with Gasteiger partial charge in [-0.2, -0.15) is 0 Å². The fraction of sp³-hybridized carbons (Fsp3) is 0.133. The average Bonchev–Trinajstić information content (AvgIpc) is 3.37. The van der Waals surface area contributed by atoms with Gasteiger partial charge in [0.15, 0.2) is 0 Å². The van der Waals surface area contributed by atoms with E-state index in [2.05, 4.69) is 119 Å². The Balaban J connectivity index is 1.42. The first kappa shape index (κ1) is 17.9. The fourth-order valence-electron chi connectivity index (χ4n) is 5.84. The number of hydrogen-bond acceptors (Lipinski definition) is 1. The molecule has 2 unspecified atom stereocenters. The molecule has 0 radical (unpaired) electrons. The second-order valence-corrected chi connectivity index (χ2v) is 8.89. The minimum absolute atomic E-state index is 0.325. The smallest absolute Gasteiger partial charge is 0.0629 e. The Morgan fingerprint density at radius 3 is 2.62 bits per heavy atom. The van der Waals surface area contributed by atoms with Crippen LogP contribution in [0.15, 0.2) is 103 Å². The standard InChI is InChI=1S/C30H24N2/c1-5-16-27-23(12-1)24-13-2-6-17-28(24)31(27)21-10-9-11-22(20-21)32-29-18-7-3-14-25(29)26-15-4-8-19-30(26)32/h1-7,9-18,20,23,27H,8,19H2. The molecule has 2 heterocycles. The van der Waals surface area contributed by atoms with Gasteiger partial charge in [0.2, 0.25) is 0 Å². The molecule has 2 heteroatoms. The highest BCUT2D eigenvalue weighted by molar-refractivity contribution is 5.93. The maximum atomic E-state index is 2.52. The van der Waals surface area contributed by atoms with E-state index in [1.54, 1.807) is 0 Å². The molecule has 32 heavy (non-hydrogen) atoms. The van der Waals surface area contributed by atoms with E-state index >= 15 is 0 Å². The first-order valence-corrected chi connectivity index (χ1v) is 11.5. The van der Waals surface area contributed by atoms with Gasteiger partial charge in [0.05, 0.1) is 11.6 Å². The second-order valence-electron chi connectivity index (χ2n) is 8.89. The second kappa shape index (κ2) is 6.86. The number of anilines is 2. The van der Waals surface area contributed by atoms with Crippen molar-refractivity contribution in [3.8, 4) is 5.69 Å². The molecule has 3 aliphatic rings. The van der Waals surface area contributed by atoms with E-state index in [9.17, 15) is 0 Å². The number of rotatable bonds is 2. The van der Waals surface area contributed by atoms with Crippen LogP contribution in [0.3, 0.4) is 0 Å². The van der Waals surface area contributed by atoms with Crippen molar-refractivity contribution in [2.24, 2.45) is 0 Å². The van der Waals surface area contributed by atoms with Crippen LogP contribution >= 0.6 is 0 Å². The van der Waals surface area contributed by atoms with Gasteiger partial charge in [0.1, 0.15) is 0 Å². The van der Waals surface area contributed by atoms with Gasteiger partial charge in [0, 0.05) is 39.6 Å². The number of aromatic nitrogens is 1. The molecule has 2 aliphatic carbocycles. The Morgan fingerprint density at radius 2 is 1.62 bits per heavy atom. The number of benzene rings is 3. The molecule has 0 N–H and O–H groups in total. The monoisotopic (exact) mass is 412 g/mol. The summed E-state index contributed by atoms with van der Waals surface area (Å²) in [5.41, 5.74) is 9.32. The lowest BCUT2D eigenvalue weighted by molar-refractivity contribution is 0.744. The summed E-state index contributed by atoms with van der Waals surface area (Å²) in [4.78, 5) is 2.52. The topological polar surface area (TPSA) is 8.17 Å². The molecule has 0 saturated heterocycles. The van der Waals surface area contributed by atoms with Crippen molar-refractivity contribution in [2.45, 2.75) is 24.8 Å². The van der Waals surface area contributed by atoms with E-state index in [1.807, 2.05) is 0 Å². The summed E-state index contributed by atoms with van der Waals surface area (Å²) < 4.78 is 2.48. The van der Waals surface area contributed by atoms with E-state index in [4.69, 9.17) is 0 Å². The van der Waals surface area contributed by atoms with Gasteiger partial charge in [-0.05, 0) is 48.7 Å². The minimum atomic E-state index is 0.325. The van der Waals surface area contributed by atoms with Crippen molar-refractivity contribution >= 4 is 28.4 Å². The average molecular weight is 413 g/mol. The summed E-state index contributed by atoms with van der Waals surface area (Å²) in [6.07, 6.45) is 15.8. The van der Waals surface area contributed by atoms with Gasteiger partial charge in [-0.25, -0.2) is 0 Å². The van der Waals surface area contributed by atoms with Crippen molar-refractivity contribution in [3.63, 3.8) is 0 Å². The molecule has 0 spiro atoms. The summed E-state index contributed by atoms with van der Waals surface area (Å²) >= 11 is 0. The maximum absolute atomic E-state index is 2.52. The number of allylic oxidation sites excluding steroid dienone is 3. The first-order chi connectivity index (χ1) is 15.9. The van der Waals surface area contributed by atoms with Gasteiger partial charge in [0.25, 0.3) is 0 Å². The molecule has 154 valence electrons. The molecular formula is C30H24N2. The van der Waals surface area contributed by atoms with Gasteiger partial charge in [-0.3, -0.25) is 0 Å². The molecule has 4 aromatic rings. The quantitative estimate of drug-likeness (QED) is 0.335. The van der Waals surface area contributed by atoms with Crippen LogP contribution in [0.25, 0.3) is 22.7 Å². The SMILES string of the molecule is C1=CC2c3ccccc3N(c3cccc(-n4c5c(c6ccccc64)C=CCC5)c3)C2C=C1. The number of hydrogen-bond donors (Lipinski definition) is 0. The third kappa shape index (κ3) is 2.47. The zero-order valence-electron chi connectivity index (χ0n) is 17.9. The lowest BCUT2D eigenvalue weighted by atomic mass is 9.91. The van der Waals surface area contributed by atoms with Crippen LogP contribution in [-0.4, -0.2) is 10.6 Å². The Labute approximate surface area is 188 Å². The molecule has 0 fully saturated rings. The molecule has 2 atom stereocenters. The van der Waals surface area contributed by atoms with Crippen LogP contribution in [0, 0.1) is 0 Å². The van der Waals surface area contributed by atoms with Crippen LogP contribution < -0.4 is 4.90 Å². The maximum Gasteiger partial charge on any atom is 0.0629 e. The van der Waals surface area contributed by atoms with Gasteiger partial charge >= 0.3 is 0 Å². The van der Waals surface area contributed by atoms with E-state index < -0.39 is 0 Å². The number of para-hydroxylation sites is 2. The Morgan fingerprint density at radius 1 is 0.781 bits per heavy atom. The Kier molecular flexibility index (Phi) is 3.83. The third-order valence-corrected chi connectivity index (χ3v) is 7.17. The first-order valence-electron chi connectivity index (χ1n) is 11.5. The van der Waals surface area contributed by atoms with Crippen molar-refractivity contribution in [1.29, 1.82) is 0 Å². The summed E-state index contributed by atoms with van der Waals surface area (Å²) in [7, 11) is 0. The number of fused-ring (bicyclic) bond motifs is 6. The zero-order chi connectivity index (χ0) is 21.1. The highest BCUT2D eigenvalue weighted by Gasteiger charge is 2.37. The summed E-state index contributed by atoms with van der Waals surface area (Å²) in [5.74, 6) is 0.408. The molecule has 0 bridgehead atoms. The molecule has 0 amide bonds. The summed E-state index contributed by atoms with van der Waals surface area (Å²) in [6.45, 7) is 0. The minimum Gasteiger partial charge on any atom is -0.333 e. The lowest BCUT2D eigenvalue weighted by Gasteiger charge is -2.29. The third-order valence-electron chi connectivity index (χ3n) is 7.17. The van der Waals surface area contributed by atoms with Gasteiger partial charge in [-0.15, -0.1) is 0 Å². The Bertz CT molecular complexity index is 1450. The van der Waals surface area contributed by atoms with Gasteiger partial charge < -0.3 is 9.47 Å². The normalized spacial score (nSPS) is 20.4. The van der Waals surface area contributed by atoms with Crippen molar-refractivity contribution in [1.82, 2.24) is 4.57 Å². The van der Waals surface area contributed by atoms with Crippen molar-refractivity contribution in [3.05, 3.63) is 120 Å². The highest BCUT2D eigenvalue weighted by Crippen LogP contribution is 2.47. The molecular weight excluding hydrogens is 388 g/mol. The van der Waals surface area contributed by atoms with E-state index in [-0.39, 0.29) is 0 Å². The molecule has 0 saturated carbocycles. The van der Waals surface area contributed by atoms with Crippen molar-refractivity contribution < 1.29 is 0 Å². The highest BCUT2D eigenvalue weighted by atomic mass is 15.2. The fourth-order valence-corrected chi connectivity index (χ4v) is 5.84. The van der Waals surface area contributed by atoms with E-state index in [1.165, 1.54) is 44.8 Å². The molecule has 1 aromatic heterocycles. The largest absolute Gasteiger partial charge is 0.333 e. The zero-order valence-corrected chi connectivity index (χ0v) is 17.9. The van der Waals surface area contributed by atoms with Crippen LogP contribution in [0.2, 0.25) is 0 Å².